The van der Waals surface area contributed by atoms with Crippen LogP contribution in [0.25, 0.3) is 0 Å². The summed E-state index contributed by atoms with van der Waals surface area (Å²) in [6, 6.07) is 18.2. The number of carbonyl (C=O) groups is 1. The first-order valence-corrected chi connectivity index (χ1v) is 8.08. The first-order valence-electron chi connectivity index (χ1n) is 8.08. The van der Waals surface area contributed by atoms with E-state index < -0.39 is 5.97 Å². The van der Waals surface area contributed by atoms with Crippen LogP contribution in [0.3, 0.4) is 0 Å². The minimum Gasteiger partial charge on any atom is -0.478 e. The number of nitrogens with one attached hydrogen (secondary N) is 1. The van der Waals surface area contributed by atoms with Crippen LogP contribution in [-0.4, -0.2) is 30.2 Å². The average molecular weight is 310 g/mol. The van der Waals surface area contributed by atoms with Crippen LogP contribution >= 0.6 is 0 Å². The number of carboxylic acids is 1. The number of piperidine rings is 1. The van der Waals surface area contributed by atoms with Crippen molar-refractivity contribution in [3.63, 3.8) is 0 Å². The SMILES string of the molecule is O=C(O)c1ccc(CNC2CCN(c3ccccc3)CC2)cc1. The van der Waals surface area contributed by atoms with Gasteiger partial charge in [-0.2, -0.15) is 0 Å². The second-order valence-corrected chi connectivity index (χ2v) is 5.98. The molecule has 1 aliphatic heterocycles. The Hall–Kier alpha value is -2.33. The number of nitrogens with zero attached hydrogens (tertiary/aromatic N) is 1. The van der Waals surface area contributed by atoms with E-state index in [1.807, 2.05) is 18.2 Å². The molecule has 0 spiro atoms. The number of carboxylic acid groups (broad SMARTS) is 1. The maximum atomic E-state index is 10.8. The number of benzene rings is 2. The van der Waals surface area contributed by atoms with Gasteiger partial charge >= 0.3 is 5.97 Å². The molecule has 0 unspecified atom stereocenters. The molecule has 0 radical (unpaired) electrons. The highest BCUT2D eigenvalue weighted by molar-refractivity contribution is 5.87. The van der Waals surface area contributed by atoms with Gasteiger partial charge in [-0.3, -0.25) is 0 Å². The quantitative estimate of drug-likeness (QED) is 0.891. The standard InChI is InChI=1S/C19H22N2O2/c22-19(23)16-8-6-15(7-9-16)14-20-17-10-12-21(13-11-17)18-4-2-1-3-5-18/h1-9,17,20H,10-14H2,(H,22,23). The fourth-order valence-electron chi connectivity index (χ4n) is 3.01. The molecule has 2 aromatic rings. The molecule has 2 aromatic carbocycles. The van der Waals surface area contributed by atoms with E-state index in [2.05, 4.69) is 34.5 Å². The number of rotatable bonds is 5. The summed E-state index contributed by atoms with van der Waals surface area (Å²) in [6.45, 7) is 2.93. The highest BCUT2D eigenvalue weighted by atomic mass is 16.4. The molecule has 0 aliphatic carbocycles. The minimum atomic E-state index is -0.877. The van der Waals surface area contributed by atoms with Crippen LogP contribution in [0.5, 0.6) is 0 Å². The van der Waals surface area contributed by atoms with E-state index in [1.165, 1.54) is 5.69 Å². The lowest BCUT2D eigenvalue weighted by Gasteiger charge is -2.34. The summed E-state index contributed by atoms with van der Waals surface area (Å²) in [7, 11) is 0. The molecule has 4 heteroatoms. The maximum absolute atomic E-state index is 10.8. The highest BCUT2D eigenvalue weighted by Crippen LogP contribution is 2.19. The Kier molecular flexibility index (Phi) is 4.93. The summed E-state index contributed by atoms with van der Waals surface area (Å²) in [6.07, 6.45) is 2.25. The van der Waals surface area contributed by atoms with Crippen molar-refractivity contribution < 1.29 is 9.90 Å². The van der Waals surface area contributed by atoms with Gasteiger partial charge in [0.2, 0.25) is 0 Å². The molecule has 23 heavy (non-hydrogen) atoms. The number of para-hydroxylation sites is 1. The van der Waals surface area contributed by atoms with Gasteiger partial charge in [0.15, 0.2) is 0 Å². The topological polar surface area (TPSA) is 52.6 Å². The van der Waals surface area contributed by atoms with Crippen LogP contribution in [-0.2, 0) is 6.54 Å². The molecule has 0 aromatic heterocycles. The predicted molar refractivity (Wildman–Crippen MR) is 91.9 cm³/mol. The lowest BCUT2D eigenvalue weighted by molar-refractivity contribution is 0.0697. The number of anilines is 1. The summed E-state index contributed by atoms with van der Waals surface area (Å²) < 4.78 is 0. The third-order valence-corrected chi connectivity index (χ3v) is 4.41. The van der Waals surface area contributed by atoms with E-state index in [1.54, 1.807) is 12.1 Å². The van der Waals surface area contributed by atoms with Crippen molar-refractivity contribution in [3.8, 4) is 0 Å². The van der Waals surface area contributed by atoms with Gasteiger partial charge in [0, 0.05) is 31.4 Å². The molecule has 0 saturated carbocycles. The van der Waals surface area contributed by atoms with Gasteiger partial charge in [-0.1, -0.05) is 30.3 Å². The molecule has 2 N–H and O–H groups in total. The van der Waals surface area contributed by atoms with Gasteiger partial charge in [-0.15, -0.1) is 0 Å². The van der Waals surface area contributed by atoms with Gasteiger partial charge < -0.3 is 15.3 Å². The van der Waals surface area contributed by atoms with E-state index in [0.717, 1.165) is 38.0 Å². The molecule has 120 valence electrons. The van der Waals surface area contributed by atoms with Crippen molar-refractivity contribution in [3.05, 3.63) is 65.7 Å². The van der Waals surface area contributed by atoms with Crippen LogP contribution in [0.4, 0.5) is 5.69 Å². The van der Waals surface area contributed by atoms with Crippen LogP contribution < -0.4 is 10.2 Å². The summed E-state index contributed by atoms with van der Waals surface area (Å²) in [4.78, 5) is 13.3. The van der Waals surface area contributed by atoms with Crippen LogP contribution in [0.1, 0.15) is 28.8 Å². The zero-order valence-electron chi connectivity index (χ0n) is 13.1. The molecular weight excluding hydrogens is 288 g/mol. The number of aromatic carboxylic acids is 1. The average Bonchev–Trinajstić information content (AvgIpc) is 2.61. The molecule has 0 amide bonds. The third-order valence-electron chi connectivity index (χ3n) is 4.41. The van der Waals surface area contributed by atoms with Crippen molar-refractivity contribution in [2.75, 3.05) is 18.0 Å². The Bertz CT molecular complexity index is 632. The zero-order valence-corrected chi connectivity index (χ0v) is 13.1. The van der Waals surface area contributed by atoms with Crippen molar-refractivity contribution in [2.24, 2.45) is 0 Å². The smallest absolute Gasteiger partial charge is 0.335 e. The number of hydrogen-bond donors (Lipinski definition) is 2. The molecule has 1 fully saturated rings. The molecular formula is C19H22N2O2. The van der Waals surface area contributed by atoms with E-state index in [-0.39, 0.29) is 0 Å². The maximum Gasteiger partial charge on any atom is 0.335 e. The van der Waals surface area contributed by atoms with Crippen molar-refractivity contribution in [1.82, 2.24) is 5.32 Å². The van der Waals surface area contributed by atoms with E-state index in [9.17, 15) is 4.79 Å². The Labute approximate surface area is 136 Å². The Morgan fingerprint density at radius 3 is 2.30 bits per heavy atom. The minimum absolute atomic E-state index is 0.338. The second-order valence-electron chi connectivity index (χ2n) is 5.98. The molecule has 3 rings (SSSR count). The number of hydrogen-bond acceptors (Lipinski definition) is 3. The third kappa shape index (κ3) is 4.11. The van der Waals surface area contributed by atoms with Gasteiger partial charge in [0.25, 0.3) is 0 Å². The first kappa shape index (κ1) is 15.6. The summed E-state index contributed by atoms with van der Waals surface area (Å²) in [5.74, 6) is -0.877. The molecule has 0 bridgehead atoms. The van der Waals surface area contributed by atoms with E-state index >= 15 is 0 Å². The molecule has 4 nitrogen and oxygen atoms in total. The van der Waals surface area contributed by atoms with E-state index in [4.69, 9.17) is 5.11 Å². The van der Waals surface area contributed by atoms with Crippen LogP contribution in [0, 0.1) is 0 Å². The summed E-state index contributed by atoms with van der Waals surface area (Å²) >= 11 is 0. The fraction of sp³-hybridized carbons (Fsp3) is 0.316. The molecule has 1 saturated heterocycles. The van der Waals surface area contributed by atoms with Gasteiger partial charge in [-0.05, 0) is 42.7 Å². The Morgan fingerprint density at radius 1 is 1.04 bits per heavy atom. The second kappa shape index (κ2) is 7.29. The lowest BCUT2D eigenvalue weighted by atomic mass is 10.0. The van der Waals surface area contributed by atoms with Crippen molar-refractivity contribution in [1.29, 1.82) is 0 Å². The van der Waals surface area contributed by atoms with E-state index in [0.29, 0.717) is 11.6 Å². The normalized spacial score (nSPS) is 15.6. The fourth-order valence-corrected chi connectivity index (χ4v) is 3.01. The van der Waals surface area contributed by atoms with Crippen LogP contribution in [0.15, 0.2) is 54.6 Å². The van der Waals surface area contributed by atoms with Gasteiger partial charge in [0.05, 0.1) is 5.56 Å². The van der Waals surface area contributed by atoms with Crippen molar-refractivity contribution >= 4 is 11.7 Å². The lowest BCUT2D eigenvalue weighted by Crippen LogP contribution is -2.42. The monoisotopic (exact) mass is 310 g/mol. The van der Waals surface area contributed by atoms with Gasteiger partial charge in [-0.25, -0.2) is 4.79 Å². The largest absolute Gasteiger partial charge is 0.478 e. The Morgan fingerprint density at radius 2 is 1.70 bits per heavy atom. The summed E-state index contributed by atoms with van der Waals surface area (Å²) in [5, 5.41) is 12.5. The highest BCUT2D eigenvalue weighted by Gasteiger charge is 2.18. The van der Waals surface area contributed by atoms with Gasteiger partial charge in [0.1, 0.15) is 0 Å². The first-order chi connectivity index (χ1) is 11.2. The Balaban J connectivity index is 1.46. The molecule has 1 heterocycles. The van der Waals surface area contributed by atoms with Crippen molar-refractivity contribution in [2.45, 2.75) is 25.4 Å². The molecule has 1 aliphatic rings. The summed E-state index contributed by atoms with van der Waals surface area (Å²) in [5.41, 5.74) is 2.76. The molecule has 0 atom stereocenters. The zero-order chi connectivity index (χ0) is 16.1. The van der Waals surface area contributed by atoms with Crippen LogP contribution in [0.2, 0.25) is 0 Å². The predicted octanol–water partition coefficient (Wildman–Crippen LogP) is 3.14.